The Hall–Kier alpha value is -2.00. The van der Waals surface area contributed by atoms with Crippen molar-refractivity contribution in [3.63, 3.8) is 0 Å². The minimum atomic E-state index is -2.00. The van der Waals surface area contributed by atoms with Crippen molar-refractivity contribution in [2.45, 2.75) is 83.0 Å². The van der Waals surface area contributed by atoms with E-state index in [4.69, 9.17) is 25.7 Å². The van der Waals surface area contributed by atoms with Crippen LogP contribution in [0.2, 0.25) is 23.3 Å². The van der Waals surface area contributed by atoms with Crippen molar-refractivity contribution in [1.29, 1.82) is 0 Å². The summed E-state index contributed by atoms with van der Waals surface area (Å²) in [5, 5.41) is 0.464. The summed E-state index contributed by atoms with van der Waals surface area (Å²) in [5.41, 5.74) is 2.10. The van der Waals surface area contributed by atoms with Crippen molar-refractivity contribution in [3.05, 3.63) is 40.8 Å². The first-order valence-corrected chi connectivity index (χ1v) is 16.8. The molecule has 37 heavy (non-hydrogen) atoms. The van der Waals surface area contributed by atoms with Gasteiger partial charge in [0.1, 0.15) is 11.0 Å². The van der Waals surface area contributed by atoms with Gasteiger partial charge in [0.25, 0.3) is 0 Å². The van der Waals surface area contributed by atoms with Gasteiger partial charge in [-0.3, -0.25) is 9.69 Å². The van der Waals surface area contributed by atoms with Gasteiger partial charge in [0.15, 0.2) is 14.1 Å². The van der Waals surface area contributed by atoms with Crippen molar-refractivity contribution in [2.24, 2.45) is 0 Å². The lowest BCUT2D eigenvalue weighted by atomic mass is 9.71. The molecule has 0 N–H and O–H groups in total. The SMILES string of the molecule is CC(C)(C)[Si](C)(C)OCc1nc(Cl)c2c(n1)N(c1ccc(N3CCOCC3)cc1)C(=O)C21CCCCC1. The molecule has 1 saturated heterocycles. The number of carbonyl (C=O) groups is 1. The van der Waals surface area contributed by atoms with Gasteiger partial charge in [-0.15, -0.1) is 0 Å². The molecule has 2 fully saturated rings. The summed E-state index contributed by atoms with van der Waals surface area (Å²) < 4.78 is 11.9. The fourth-order valence-corrected chi connectivity index (χ4v) is 6.76. The Bertz CT molecular complexity index is 1150. The monoisotopic (exact) mass is 542 g/mol. The van der Waals surface area contributed by atoms with E-state index < -0.39 is 13.7 Å². The van der Waals surface area contributed by atoms with E-state index in [1.807, 2.05) is 12.1 Å². The molecule has 3 aliphatic rings. The third kappa shape index (κ3) is 4.82. The smallest absolute Gasteiger partial charge is 0.243 e. The average molecular weight is 543 g/mol. The first kappa shape index (κ1) is 26.6. The van der Waals surface area contributed by atoms with Crippen LogP contribution in [0.5, 0.6) is 0 Å². The van der Waals surface area contributed by atoms with Crippen LogP contribution in [0.15, 0.2) is 24.3 Å². The van der Waals surface area contributed by atoms with Gasteiger partial charge in [0, 0.05) is 24.3 Å². The van der Waals surface area contributed by atoms with E-state index in [0.717, 1.165) is 75.3 Å². The lowest BCUT2D eigenvalue weighted by Gasteiger charge is -2.36. The highest BCUT2D eigenvalue weighted by Gasteiger charge is 2.54. The third-order valence-corrected chi connectivity index (χ3v) is 13.5. The van der Waals surface area contributed by atoms with E-state index in [1.165, 1.54) is 0 Å². The second-order valence-electron chi connectivity index (χ2n) is 12.1. The number of benzene rings is 1. The molecule has 3 heterocycles. The molecular formula is C28H39ClN4O3Si. The molecule has 1 aromatic heterocycles. The Kier molecular flexibility index (Phi) is 7.15. The van der Waals surface area contributed by atoms with Crippen molar-refractivity contribution in [2.75, 3.05) is 36.1 Å². The molecule has 1 amide bonds. The number of amides is 1. The van der Waals surface area contributed by atoms with E-state index in [1.54, 1.807) is 4.90 Å². The highest BCUT2D eigenvalue weighted by Crippen LogP contribution is 2.53. The first-order chi connectivity index (χ1) is 17.5. The van der Waals surface area contributed by atoms with Gasteiger partial charge in [0.2, 0.25) is 5.91 Å². The lowest BCUT2D eigenvalue weighted by molar-refractivity contribution is -0.123. The van der Waals surface area contributed by atoms with Gasteiger partial charge in [-0.25, -0.2) is 9.97 Å². The minimum Gasteiger partial charge on any atom is -0.409 e. The van der Waals surface area contributed by atoms with Crippen LogP contribution in [0, 0.1) is 0 Å². The summed E-state index contributed by atoms with van der Waals surface area (Å²) in [6.07, 6.45) is 4.70. The molecule has 2 aliphatic heterocycles. The molecular weight excluding hydrogens is 504 g/mol. The zero-order chi connectivity index (χ0) is 26.4. The number of rotatable bonds is 5. The van der Waals surface area contributed by atoms with Crippen molar-refractivity contribution in [1.82, 2.24) is 9.97 Å². The standard InChI is InChI=1S/C28H39ClN4O3Si/c1-27(2,3)37(4,5)36-19-22-30-24(29)23-25(31-22)33(26(34)28(23)13-7-6-8-14-28)21-11-9-20(10-12-21)32-15-17-35-18-16-32/h9-12H,6-8,13-19H2,1-5H3. The molecule has 1 aromatic carbocycles. The molecule has 7 nitrogen and oxygen atoms in total. The maximum Gasteiger partial charge on any atom is 0.243 e. The van der Waals surface area contributed by atoms with Crippen LogP contribution in [0.25, 0.3) is 0 Å². The van der Waals surface area contributed by atoms with Crippen LogP contribution in [0.3, 0.4) is 0 Å². The van der Waals surface area contributed by atoms with Crippen molar-refractivity contribution >= 4 is 43.0 Å². The molecule has 200 valence electrons. The van der Waals surface area contributed by atoms with Gasteiger partial charge in [0.05, 0.1) is 30.9 Å². The predicted octanol–water partition coefficient (Wildman–Crippen LogP) is 6.37. The van der Waals surface area contributed by atoms with Crippen LogP contribution in [0.4, 0.5) is 17.2 Å². The molecule has 1 aliphatic carbocycles. The molecule has 1 spiro atoms. The first-order valence-electron chi connectivity index (χ1n) is 13.5. The average Bonchev–Trinajstić information content (AvgIpc) is 3.10. The number of aromatic nitrogens is 2. The fourth-order valence-electron chi connectivity index (χ4n) is 5.47. The Labute approximate surface area is 226 Å². The van der Waals surface area contributed by atoms with Gasteiger partial charge < -0.3 is 14.1 Å². The Balaban J connectivity index is 1.52. The summed E-state index contributed by atoms with van der Waals surface area (Å²) >= 11 is 6.89. The number of carbonyl (C=O) groups excluding carboxylic acids is 1. The summed E-state index contributed by atoms with van der Waals surface area (Å²) in [6.45, 7) is 14.6. The third-order valence-electron chi connectivity index (χ3n) is 8.75. The number of nitrogens with zero attached hydrogens (tertiary/aromatic N) is 4. The van der Waals surface area contributed by atoms with E-state index in [2.05, 4.69) is 55.9 Å². The van der Waals surface area contributed by atoms with Crippen LogP contribution in [-0.4, -0.2) is 50.5 Å². The van der Waals surface area contributed by atoms with Crippen LogP contribution in [-0.2, 0) is 26.0 Å². The van der Waals surface area contributed by atoms with Gasteiger partial charge in [-0.2, -0.15) is 0 Å². The maximum atomic E-state index is 14.2. The Morgan fingerprint density at radius 2 is 1.65 bits per heavy atom. The number of morpholine rings is 1. The zero-order valence-corrected chi connectivity index (χ0v) is 24.5. The number of ether oxygens (including phenoxy) is 1. The van der Waals surface area contributed by atoms with Crippen molar-refractivity contribution in [3.8, 4) is 0 Å². The molecule has 0 unspecified atom stereocenters. The lowest BCUT2D eigenvalue weighted by Crippen LogP contribution is -2.40. The summed E-state index contributed by atoms with van der Waals surface area (Å²) in [4.78, 5) is 27.9. The van der Waals surface area contributed by atoms with Gasteiger partial charge in [-0.05, 0) is 55.2 Å². The topological polar surface area (TPSA) is 67.8 Å². The minimum absolute atomic E-state index is 0.0694. The number of hydrogen-bond acceptors (Lipinski definition) is 6. The highest BCUT2D eigenvalue weighted by molar-refractivity contribution is 6.74. The van der Waals surface area contributed by atoms with Gasteiger partial charge in [-0.1, -0.05) is 51.6 Å². The second kappa shape index (κ2) is 9.95. The number of hydrogen-bond donors (Lipinski definition) is 0. The number of anilines is 3. The largest absolute Gasteiger partial charge is 0.409 e. The van der Waals surface area contributed by atoms with E-state index in [-0.39, 0.29) is 17.6 Å². The fraction of sp³-hybridized carbons (Fsp3) is 0.607. The van der Waals surface area contributed by atoms with Crippen LogP contribution >= 0.6 is 11.6 Å². The van der Waals surface area contributed by atoms with E-state index in [0.29, 0.717) is 16.8 Å². The molecule has 9 heteroatoms. The number of halogens is 1. The van der Waals surface area contributed by atoms with Gasteiger partial charge >= 0.3 is 0 Å². The maximum absolute atomic E-state index is 14.2. The quantitative estimate of drug-likeness (QED) is 0.323. The molecule has 0 radical (unpaired) electrons. The summed E-state index contributed by atoms with van der Waals surface area (Å²) in [7, 11) is -2.00. The second-order valence-corrected chi connectivity index (χ2v) is 17.2. The zero-order valence-electron chi connectivity index (χ0n) is 22.8. The van der Waals surface area contributed by atoms with Crippen LogP contribution < -0.4 is 9.80 Å². The molecule has 5 rings (SSSR count). The highest BCUT2D eigenvalue weighted by atomic mass is 35.5. The Morgan fingerprint density at radius 1 is 1.03 bits per heavy atom. The summed E-state index contributed by atoms with van der Waals surface area (Å²) in [6, 6.07) is 8.22. The van der Waals surface area contributed by atoms with Crippen molar-refractivity contribution < 1.29 is 14.0 Å². The Morgan fingerprint density at radius 3 is 2.27 bits per heavy atom. The molecule has 0 bridgehead atoms. The molecule has 1 saturated carbocycles. The molecule has 0 atom stereocenters. The summed E-state index contributed by atoms with van der Waals surface area (Å²) in [5.74, 6) is 1.23. The van der Waals surface area contributed by atoms with E-state index in [9.17, 15) is 4.79 Å². The predicted molar refractivity (Wildman–Crippen MR) is 150 cm³/mol. The molecule has 2 aromatic rings. The normalized spacial score (nSPS) is 20.0. The van der Waals surface area contributed by atoms with E-state index >= 15 is 0 Å². The van der Waals surface area contributed by atoms with Crippen LogP contribution in [0.1, 0.15) is 64.3 Å². The number of fused-ring (bicyclic) bond motifs is 2.